The third-order valence-corrected chi connectivity index (χ3v) is 1.30. The molecule has 1 saturated heterocycles. The molecule has 0 saturated carbocycles. The summed E-state index contributed by atoms with van der Waals surface area (Å²) in [5.74, 6) is 0. The normalized spacial score (nSPS) is 18.8. The minimum Gasteiger partial charge on any atom is -0.381 e. The minimum atomic E-state index is 0.170. The Morgan fingerprint density at radius 3 is 2.18 bits per heavy atom. The third kappa shape index (κ3) is 6.21. The first-order chi connectivity index (χ1) is 5.35. The van der Waals surface area contributed by atoms with Crippen LogP contribution in [0.5, 0.6) is 0 Å². The van der Waals surface area contributed by atoms with E-state index in [0.29, 0.717) is 0 Å². The van der Waals surface area contributed by atoms with Crippen molar-refractivity contribution in [3.63, 3.8) is 0 Å². The van der Waals surface area contributed by atoms with Gasteiger partial charge in [-0.3, -0.25) is 4.90 Å². The smallest absolute Gasteiger partial charge is 0.0958 e. The number of aliphatic hydroxyl groups is 1. The van der Waals surface area contributed by atoms with Gasteiger partial charge < -0.3 is 15.1 Å². The van der Waals surface area contributed by atoms with Crippen molar-refractivity contribution in [2.75, 3.05) is 40.1 Å². The quantitative estimate of drug-likeness (QED) is 0.428. The number of hydrogen-bond donors (Lipinski definition) is 3. The Morgan fingerprint density at radius 1 is 1.45 bits per heavy atom. The van der Waals surface area contributed by atoms with Crippen molar-refractivity contribution in [1.29, 1.82) is 0 Å². The molecule has 5 heteroatoms. The van der Waals surface area contributed by atoms with E-state index in [9.17, 15) is 0 Å². The van der Waals surface area contributed by atoms with Crippen molar-refractivity contribution < 1.29 is 15.1 Å². The number of rotatable bonds is 1. The number of aliphatic hydroxyl groups excluding tert-OH is 1. The molecule has 5 nitrogen and oxygen atoms in total. The van der Waals surface area contributed by atoms with Gasteiger partial charge in [0.15, 0.2) is 0 Å². The van der Waals surface area contributed by atoms with Crippen LogP contribution in [0, 0.1) is 0 Å². The second-order valence-corrected chi connectivity index (χ2v) is 2.10. The summed E-state index contributed by atoms with van der Waals surface area (Å²) in [5.41, 5.74) is 1.75. The standard InChI is InChI=1S/C5H11NO2.CH5NO/c7-5-6-1-3-8-4-2-6;1-2-3/h7H,1-5H2;2-3H,1H3. The molecule has 0 amide bonds. The van der Waals surface area contributed by atoms with Gasteiger partial charge in [-0.05, 0) is 0 Å². The number of hydrogen-bond acceptors (Lipinski definition) is 5. The lowest BCUT2D eigenvalue weighted by Gasteiger charge is -2.23. The molecule has 0 aromatic heterocycles. The van der Waals surface area contributed by atoms with E-state index >= 15 is 0 Å². The molecule has 0 aromatic rings. The topological polar surface area (TPSA) is 65.0 Å². The average Bonchev–Trinajstić information content (AvgIpc) is 2.08. The zero-order valence-electron chi connectivity index (χ0n) is 6.79. The zero-order chi connectivity index (χ0) is 8.53. The van der Waals surface area contributed by atoms with Gasteiger partial charge in [-0.15, -0.1) is 0 Å². The summed E-state index contributed by atoms with van der Waals surface area (Å²) in [5, 5.41) is 15.9. The highest BCUT2D eigenvalue weighted by molar-refractivity contribution is 4.55. The second-order valence-electron chi connectivity index (χ2n) is 2.10. The van der Waals surface area contributed by atoms with Gasteiger partial charge in [0.1, 0.15) is 0 Å². The fourth-order valence-corrected chi connectivity index (χ4v) is 0.743. The Hall–Kier alpha value is -0.200. The molecule has 1 aliphatic rings. The Morgan fingerprint density at radius 2 is 1.91 bits per heavy atom. The van der Waals surface area contributed by atoms with Crippen molar-refractivity contribution in [2.24, 2.45) is 0 Å². The second kappa shape index (κ2) is 7.90. The highest BCUT2D eigenvalue weighted by Crippen LogP contribution is 1.92. The minimum absolute atomic E-state index is 0.170. The van der Waals surface area contributed by atoms with Crippen LogP contribution >= 0.6 is 0 Å². The van der Waals surface area contributed by atoms with Gasteiger partial charge in [-0.1, -0.05) is 0 Å². The lowest BCUT2D eigenvalue weighted by Crippen LogP contribution is -2.36. The highest BCUT2D eigenvalue weighted by Gasteiger charge is 2.06. The molecule has 1 heterocycles. The Kier molecular flexibility index (Phi) is 7.76. The van der Waals surface area contributed by atoms with Crippen LogP contribution in [0.25, 0.3) is 0 Å². The summed E-state index contributed by atoms with van der Waals surface area (Å²) in [6.07, 6.45) is 0. The van der Waals surface area contributed by atoms with Gasteiger partial charge in [-0.25, -0.2) is 5.48 Å². The van der Waals surface area contributed by atoms with Crippen LogP contribution in [0.15, 0.2) is 0 Å². The van der Waals surface area contributed by atoms with E-state index in [1.807, 2.05) is 4.90 Å². The van der Waals surface area contributed by atoms with Crippen LogP contribution in [0.1, 0.15) is 0 Å². The van der Waals surface area contributed by atoms with E-state index in [0.717, 1.165) is 26.3 Å². The number of nitrogens with zero attached hydrogens (tertiary/aromatic N) is 1. The van der Waals surface area contributed by atoms with Crippen molar-refractivity contribution in [3.8, 4) is 0 Å². The summed E-state index contributed by atoms with van der Waals surface area (Å²) in [4.78, 5) is 1.95. The van der Waals surface area contributed by atoms with Crippen LogP contribution in [-0.2, 0) is 4.74 Å². The SMILES string of the molecule is CNO.OCN1CCOCC1. The molecule has 0 spiro atoms. The summed E-state index contributed by atoms with van der Waals surface area (Å²) >= 11 is 0. The maximum absolute atomic E-state index is 8.56. The predicted molar refractivity (Wildman–Crippen MR) is 40.3 cm³/mol. The molecule has 0 bridgehead atoms. The molecule has 0 aromatic carbocycles. The summed E-state index contributed by atoms with van der Waals surface area (Å²) < 4.78 is 5.05. The van der Waals surface area contributed by atoms with Crippen molar-refractivity contribution in [1.82, 2.24) is 10.4 Å². The molecule has 1 fully saturated rings. The van der Waals surface area contributed by atoms with E-state index in [1.165, 1.54) is 7.05 Å². The molecular weight excluding hydrogens is 148 g/mol. The maximum atomic E-state index is 8.56. The molecule has 1 rings (SSSR count). The van der Waals surface area contributed by atoms with Crippen molar-refractivity contribution in [3.05, 3.63) is 0 Å². The fraction of sp³-hybridized carbons (Fsp3) is 1.00. The van der Waals surface area contributed by atoms with Gasteiger partial charge in [0, 0.05) is 20.1 Å². The maximum Gasteiger partial charge on any atom is 0.0958 e. The Labute approximate surface area is 66.5 Å². The first-order valence-corrected chi connectivity index (χ1v) is 3.57. The molecule has 68 valence electrons. The number of nitrogens with one attached hydrogen (secondary N) is 1. The fourth-order valence-electron chi connectivity index (χ4n) is 0.743. The summed E-state index contributed by atoms with van der Waals surface area (Å²) in [6, 6.07) is 0. The van der Waals surface area contributed by atoms with E-state index in [2.05, 4.69) is 0 Å². The third-order valence-electron chi connectivity index (χ3n) is 1.30. The van der Waals surface area contributed by atoms with E-state index in [4.69, 9.17) is 15.1 Å². The molecule has 3 N–H and O–H groups in total. The summed E-state index contributed by atoms with van der Waals surface area (Å²) in [7, 11) is 1.43. The molecule has 1 aliphatic heterocycles. The van der Waals surface area contributed by atoms with Crippen LogP contribution < -0.4 is 5.48 Å². The highest BCUT2D eigenvalue weighted by atomic mass is 16.5. The number of hydroxylamine groups is 1. The number of morpholine rings is 1. The van der Waals surface area contributed by atoms with Crippen molar-refractivity contribution >= 4 is 0 Å². The molecule has 0 radical (unpaired) electrons. The Bertz CT molecular complexity index is 76.2. The number of ether oxygens (including phenoxy) is 1. The van der Waals surface area contributed by atoms with Crippen molar-refractivity contribution in [2.45, 2.75) is 0 Å². The molecule has 0 unspecified atom stereocenters. The van der Waals surface area contributed by atoms with Gasteiger partial charge in [0.25, 0.3) is 0 Å². The summed E-state index contributed by atoms with van der Waals surface area (Å²) in [6.45, 7) is 3.44. The van der Waals surface area contributed by atoms with Gasteiger partial charge >= 0.3 is 0 Å². The molecule has 0 aliphatic carbocycles. The lowest BCUT2D eigenvalue weighted by atomic mass is 10.5. The van der Waals surface area contributed by atoms with Crippen LogP contribution in [0.3, 0.4) is 0 Å². The van der Waals surface area contributed by atoms with E-state index < -0.39 is 0 Å². The van der Waals surface area contributed by atoms with Crippen LogP contribution in [-0.4, -0.2) is 55.3 Å². The van der Waals surface area contributed by atoms with Gasteiger partial charge in [-0.2, -0.15) is 0 Å². The molecular formula is C6H16N2O3. The van der Waals surface area contributed by atoms with E-state index in [1.54, 1.807) is 5.48 Å². The predicted octanol–water partition coefficient (Wildman–Crippen LogP) is -1.14. The van der Waals surface area contributed by atoms with Crippen LogP contribution in [0.2, 0.25) is 0 Å². The van der Waals surface area contributed by atoms with Crippen LogP contribution in [0.4, 0.5) is 0 Å². The Balaban J connectivity index is 0.000000292. The first kappa shape index (κ1) is 10.8. The first-order valence-electron chi connectivity index (χ1n) is 3.57. The average molecular weight is 164 g/mol. The largest absolute Gasteiger partial charge is 0.381 e. The zero-order valence-corrected chi connectivity index (χ0v) is 6.79. The lowest BCUT2D eigenvalue weighted by molar-refractivity contribution is -0.00309. The molecule has 0 atom stereocenters. The molecule has 11 heavy (non-hydrogen) atoms. The van der Waals surface area contributed by atoms with E-state index in [-0.39, 0.29) is 6.73 Å². The monoisotopic (exact) mass is 164 g/mol. The van der Waals surface area contributed by atoms with Gasteiger partial charge in [0.05, 0.1) is 19.9 Å². The van der Waals surface area contributed by atoms with Gasteiger partial charge in [0.2, 0.25) is 0 Å².